The summed E-state index contributed by atoms with van der Waals surface area (Å²) in [7, 11) is 0. The van der Waals surface area contributed by atoms with Gasteiger partial charge in [-0.3, -0.25) is 4.90 Å². The fourth-order valence-corrected chi connectivity index (χ4v) is 2.91. The second kappa shape index (κ2) is 9.56. The monoisotopic (exact) mass is 319 g/mol. The smallest absolute Gasteiger partial charge is 0.134 e. The number of halogens is 1. The molecule has 0 fully saturated rings. The Labute approximate surface area is 140 Å². The van der Waals surface area contributed by atoms with Crippen LogP contribution in [0.5, 0.6) is 0 Å². The Balaban J connectivity index is 0.00000242. The number of para-hydroxylation sites is 1. The van der Waals surface area contributed by atoms with E-state index in [0.717, 1.165) is 50.1 Å². The van der Waals surface area contributed by atoms with Gasteiger partial charge in [-0.1, -0.05) is 44.4 Å². The Hall–Kier alpha value is -1.43. The van der Waals surface area contributed by atoms with E-state index in [-0.39, 0.29) is 12.4 Å². The van der Waals surface area contributed by atoms with Crippen molar-refractivity contribution < 1.29 is 4.42 Å². The molecule has 0 bridgehead atoms. The molecule has 0 amide bonds. The predicted molar refractivity (Wildman–Crippen MR) is 96.6 cm³/mol. The van der Waals surface area contributed by atoms with E-state index >= 15 is 0 Å². The standard InChI is InChI=1S/C19H25NO.ClH/c1-4-9-17(20(12-5-2)13-6-3)15-18-14-16-10-7-8-11-19(16)21-18;/h2,7-8,10-11,14,17H,4,6,9,12-13,15H2,1,3H3;1H/t17-;/m1./s1. The van der Waals surface area contributed by atoms with E-state index in [0.29, 0.717) is 6.04 Å². The van der Waals surface area contributed by atoms with Gasteiger partial charge in [-0.15, -0.1) is 18.8 Å². The van der Waals surface area contributed by atoms with Crippen molar-refractivity contribution in [3.8, 4) is 12.3 Å². The lowest BCUT2D eigenvalue weighted by atomic mass is 10.0. The van der Waals surface area contributed by atoms with E-state index in [1.165, 1.54) is 5.39 Å². The molecule has 0 aliphatic rings. The topological polar surface area (TPSA) is 16.4 Å². The molecule has 0 aliphatic carbocycles. The minimum absolute atomic E-state index is 0. The second-order valence-corrected chi connectivity index (χ2v) is 5.57. The molecule has 0 spiro atoms. The van der Waals surface area contributed by atoms with Crippen molar-refractivity contribution in [3.63, 3.8) is 0 Å². The van der Waals surface area contributed by atoms with Crippen LogP contribution in [0.3, 0.4) is 0 Å². The lowest BCUT2D eigenvalue weighted by molar-refractivity contribution is 0.200. The summed E-state index contributed by atoms with van der Waals surface area (Å²) in [6.07, 6.45) is 9.91. The molecule has 0 N–H and O–H groups in total. The van der Waals surface area contributed by atoms with Crippen LogP contribution < -0.4 is 0 Å². The Morgan fingerprint density at radius 1 is 1.23 bits per heavy atom. The summed E-state index contributed by atoms with van der Waals surface area (Å²) >= 11 is 0. The average molecular weight is 320 g/mol. The number of hydrogen-bond acceptors (Lipinski definition) is 2. The first-order valence-electron chi connectivity index (χ1n) is 7.93. The lowest BCUT2D eigenvalue weighted by Gasteiger charge is -2.29. The number of terminal acetylenes is 1. The number of hydrogen-bond donors (Lipinski definition) is 0. The number of furan rings is 1. The molecule has 3 heteroatoms. The molecular formula is C19H26ClNO. The van der Waals surface area contributed by atoms with Crippen LogP contribution in [0.4, 0.5) is 0 Å². The highest BCUT2D eigenvalue weighted by atomic mass is 35.5. The summed E-state index contributed by atoms with van der Waals surface area (Å²) in [6, 6.07) is 10.8. The Kier molecular flexibility index (Phi) is 8.09. The van der Waals surface area contributed by atoms with Crippen LogP contribution in [-0.4, -0.2) is 24.0 Å². The fraction of sp³-hybridized carbons (Fsp3) is 0.474. The first-order chi connectivity index (χ1) is 10.3. The maximum atomic E-state index is 5.97. The first-order valence-corrected chi connectivity index (χ1v) is 7.93. The lowest BCUT2D eigenvalue weighted by Crippen LogP contribution is -2.37. The summed E-state index contributed by atoms with van der Waals surface area (Å²) in [6.45, 7) is 6.20. The number of benzene rings is 1. The number of rotatable bonds is 8. The molecular weight excluding hydrogens is 294 g/mol. The molecule has 2 aromatic rings. The van der Waals surface area contributed by atoms with Gasteiger partial charge in [0.1, 0.15) is 11.3 Å². The van der Waals surface area contributed by atoms with Gasteiger partial charge in [-0.05, 0) is 31.5 Å². The van der Waals surface area contributed by atoms with Crippen molar-refractivity contribution in [2.75, 3.05) is 13.1 Å². The molecule has 0 radical (unpaired) electrons. The molecule has 22 heavy (non-hydrogen) atoms. The van der Waals surface area contributed by atoms with E-state index in [1.807, 2.05) is 18.2 Å². The van der Waals surface area contributed by atoms with Gasteiger partial charge < -0.3 is 4.42 Å². The maximum Gasteiger partial charge on any atom is 0.134 e. The average Bonchev–Trinajstić information content (AvgIpc) is 2.89. The molecule has 1 atom stereocenters. The van der Waals surface area contributed by atoms with E-state index in [9.17, 15) is 0 Å². The van der Waals surface area contributed by atoms with Crippen LogP contribution in [0.1, 0.15) is 38.9 Å². The van der Waals surface area contributed by atoms with Crippen LogP contribution in [0, 0.1) is 12.3 Å². The van der Waals surface area contributed by atoms with Gasteiger partial charge in [0.15, 0.2) is 0 Å². The predicted octanol–water partition coefficient (Wildman–Crippen LogP) is 4.91. The van der Waals surface area contributed by atoms with Crippen LogP contribution in [0.2, 0.25) is 0 Å². The molecule has 120 valence electrons. The van der Waals surface area contributed by atoms with Gasteiger partial charge in [-0.25, -0.2) is 0 Å². The van der Waals surface area contributed by atoms with E-state index in [1.54, 1.807) is 0 Å². The Morgan fingerprint density at radius 2 is 2.00 bits per heavy atom. The third-order valence-electron chi connectivity index (χ3n) is 3.86. The molecule has 0 unspecified atom stereocenters. The molecule has 1 heterocycles. The quantitative estimate of drug-likeness (QED) is 0.643. The number of nitrogens with zero attached hydrogens (tertiary/aromatic N) is 1. The summed E-state index contributed by atoms with van der Waals surface area (Å²) in [5.74, 6) is 3.86. The third-order valence-corrected chi connectivity index (χ3v) is 3.86. The van der Waals surface area contributed by atoms with Crippen molar-refractivity contribution >= 4 is 23.4 Å². The van der Waals surface area contributed by atoms with Crippen molar-refractivity contribution in [2.45, 2.75) is 45.6 Å². The molecule has 1 aromatic heterocycles. The minimum atomic E-state index is 0. The summed E-state index contributed by atoms with van der Waals surface area (Å²) in [5, 5.41) is 1.18. The van der Waals surface area contributed by atoms with Gasteiger partial charge in [-0.2, -0.15) is 0 Å². The van der Waals surface area contributed by atoms with Gasteiger partial charge in [0, 0.05) is 17.8 Å². The van der Waals surface area contributed by atoms with E-state index in [2.05, 4.69) is 36.8 Å². The molecule has 0 aliphatic heterocycles. The van der Waals surface area contributed by atoms with Crippen LogP contribution in [0.25, 0.3) is 11.0 Å². The zero-order valence-electron chi connectivity index (χ0n) is 13.5. The van der Waals surface area contributed by atoms with Crippen LogP contribution >= 0.6 is 12.4 Å². The SMILES string of the molecule is C#CCN(CCC)[C@H](CCC)Cc1cc2ccccc2o1.Cl. The second-order valence-electron chi connectivity index (χ2n) is 5.57. The molecule has 0 saturated carbocycles. The highest BCUT2D eigenvalue weighted by Crippen LogP contribution is 2.22. The van der Waals surface area contributed by atoms with Crippen molar-refractivity contribution in [3.05, 3.63) is 36.1 Å². The molecule has 0 saturated heterocycles. The fourth-order valence-electron chi connectivity index (χ4n) is 2.91. The molecule has 2 rings (SSSR count). The van der Waals surface area contributed by atoms with Crippen LogP contribution in [0.15, 0.2) is 34.7 Å². The first kappa shape index (κ1) is 18.6. The molecule has 2 nitrogen and oxygen atoms in total. The van der Waals surface area contributed by atoms with Gasteiger partial charge in [0.05, 0.1) is 6.54 Å². The maximum absolute atomic E-state index is 5.97. The summed E-state index contributed by atoms with van der Waals surface area (Å²) in [5.41, 5.74) is 0.974. The molecule has 1 aromatic carbocycles. The van der Waals surface area contributed by atoms with E-state index < -0.39 is 0 Å². The third kappa shape index (κ3) is 4.80. The minimum Gasteiger partial charge on any atom is -0.461 e. The zero-order chi connectivity index (χ0) is 15.1. The zero-order valence-corrected chi connectivity index (χ0v) is 14.4. The van der Waals surface area contributed by atoms with E-state index in [4.69, 9.17) is 10.8 Å². The van der Waals surface area contributed by atoms with Gasteiger partial charge in [0.25, 0.3) is 0 Å². The van der Waals surface area contributed by atoms with Crippen LogP contribution in [-0.2, 0) is 6.42 Å². The van der Waals surface area contributed by atoms with Gasteiger partial charge in [0.2, 0.25) is 0 Å². The van der Waals surface area contributed by atoms with Crippen molar-refractivity contribution in [1.29, 1.82) is 0 Å². The summed E-state index contributed by atoms with van der Waals surface area (Å²) < 4.78 is 5.97. The van der Waals surface area contributed by atoms with Gasteiger partial charge >= 0.3 is 0 Å². The highest BCUT2D eigenvalue weighted by molar-refractivity contribution is 5.85. The Morgan fingerprint density at radius 3 is 2.64 bits per heavy atom. The van der Waals surface area contributed by atoms with Crippen molar-refractivity contribution in [2.24, 2.45) is 0 Å². The Bertz CT molecular complexity index is 566. The number of fused-ring (bicyclic) bond motifs is 1. The largest absolute Gasteiger partial charge is 0.461 e. The summed E-state index contributed by atoms with van der Waals surface area (Å²) in [4.78, 5) is 2.41. The normalized spacial score (nSPS) is 12.1. The highest BCUT2D eigenvalue weighted by Gasteiger charge is 2.18. The van der Waals surface area contributed by atoms with Crippen molar-refractivity contribution in [1.82, 2.24) is 4.90 Å².